The van der Waals surface area contributed by atoms with Crippen LogP contribution in [0.5, 0.6) is 5.75 Å². The second kappa shape index (κ2) is 4.65. The third-order valence-corrected chi connectivity index (χ3v) is 2.09. The third-order valence-electron chi connectivity index (χ3n) is 2.09. The predicted octanol–water partition coefficient (Wildman–Crippen LogP) is 2.55. The van der Waals surface area contributed by atoms with Crippen molar-refractivity contribution in [3.05, 3.63) is 29.3 Å². The lowest BCUT2D eigenvalue weighted by atomic mass is 10.0. The third kappa shape index (κ3) is 2.31. The summed E-state index contributed by atoms with van der Waals surface area (Å²) in [5, 5.41) is 9.49. The van der Waals surface area contributed by atoms with Crippen LogP contribution < -0.4 is 0 Å². The van der Waals surface area contributed by atoms with Crippen molar-refractivity contribution < 1.29 is 9.90 Å². The number of hydrogen-bond acceptors (Lipinski definition) is 2. The molecule has 1 aromatic carbocycles. The highest BCUT2D eigenvalue weighted by Crippen LogP contribution is 2.21. The molecule has 0 spiro atoms. The summed E-state index contributed by atoms with van der Waals surface area (Å²) in [6, 6.07) is 5.05. The molecule has 70 valence electrons. The summed E-state index contributed by atoms with van der Waals surface area (Å²) in [6.45, 7) is 2.08. The van der Waals surface area contributed by atoms with E-state index in [0.29, 0.717) is 5.56 Å². The maximum atomic E-state index is 10.6. The minimum atomic E-state index is 0.234. The molecule has 0 aliphatic heterocycles. The summed E-state index contributed by atoms with van der Waals surface area (Å²) in [5.74, 6) is 0.234. The van der Waals surface area contributed by atoms with E-state index in [4.69, 9.17) is 0 Å². The normalized spacial score (nSPS) is 9.92. The lowest BCUT2D eigenvalue weighted by Crippen LogP contribution is -1.93. The van der Waals surface area contributed by atoms with E-state index in [9.17, 15) is 9.90 Å². The average Bonchev–Trinajstić information content (AvgIpc) is 2.15. The fourth-order valence-corrected chi connectivity index (χ4v) is 1.33. The van der Waals surface area contributed by atoms with Gasteiger partial charge in [-0.15, -0.1) is 0 Å². The Morgan fingerprint density at radius 2 is 2.23 bits per heavy atom. The van der Waals surface area contributed by atoms with E-state index >= 15 is 0 Å². The zero-order chi connectivity index (χ0) is 9.68. The maximum absolute atomic E-state index is 10.6. The van der Waals surface area contributed by atoms with Crippen molar-refractivity contribution in [3.8, 4) is 5.75 Å². The van der Waals surface area contributed by atoms with Crippen molar-refractivity contribution in [1.82, 2.24) is 0 Å². The molecule has 0 amide bonds. The molecule has 2 nitrogen and oxygen atoms in total. The number of carbonyl (C=O) groups excluding carboxylic acids is 1. The topological polar surface area (TPSA) is 37.3 Å². The summed E-state index contributed by atoms with van der Waals surface area (Å²) in [6.07, 6.45) is 3.63. The molecular formula is C11H14O2. The quantitative estimate of drug-likeness (QED) is 0.719. The molecule has 0 bridgehead atoms. The van der Waals surface area contributed by atoms with Gasteiger partial charge in [0, 0.05) is 11.1 Å². The SMILES string of the molecule is CCCCc1c(O)cccc1C=O. The van der Waals surface area contributed by atoms with Crippen molar-refractivity contribution in [2.45, 2.75) is 26.2 Å². The Bertz CT molecular complexity index is 292. The van der Waals surface area contributed by atoms with Gasteiger partial charge in [-0.2, -0.15) is 0 Å². The number of aldehydes is 1. The molecule has 0 aliphatic carbocycles. The van der Waals surface area contributed by atoms with E-state index < -0.39 is 0 Å². The number of unbranched alkanes of at least 4 members (excludes halogenated alkanes) is 1. The Kier molecular flexibility index (Phi) is 3.50. The Balaban J connectivity index is 2.93. The maximum Gasteiger partial charge on any atom is 0.150 e. The van der Waals surface area contributed by atoms with Crippen LogP contribution in [0.4, 0.5) is 0 Å². The highest BCUT2D eigenvalue weighted by atomic mass is 16.3. The molecule has 0 fully saturated rings. The van der Waals surface area contributed by atoms with Crippen molar-refractivity contribution >= 4 is 6.29 Å². The van der Waals surface area contributed by atoms with E-state index in [1.807, 2.05) is 0 Å². The molecule has 0 aliphatic rings. The zero-order valence-corrected chi connectivity index (χ0v) is 7.79. The summed E-state index contributed by atoms with van der Waals surface area (Å²) in [7, 11) is 0. The van der Waals surface area contributed by atoms with Crippen LogP contribution in [0.1, 0.15) is 35.7 Å². The molecular weight excluding hydrogens is 164 g/mol. The number of hydrogen-bond donors (Lipinski definition) is 1. The van der Waals surface area contributed by atoms with Gasteiger partial charge in [0.15, 0.2) is 0 Å². The van der Waals surface area contributed by atoms with E-state index in [0.717, 1.165) is 31.1 Å². The number of aromatic hydroxyl groups is 1. The minimum Gasteiger partial charge on any atom is -0.508 e. The van der Waals surface area contributed by atoms with Crippen LogP contribution in [0.15, 0.2) is 18.2 Å². The van der Waals surface area contributed by atoms with Crippen molar-refractivity contribution in [1.29, 1.82) is 0 Å². The van der Waals surface area contributed by atoms with Crippen LogP contribution in [0.3, 0.4) is 0 Å². The molecule has 0 aromatic heterocycles. The van der Waals surface area contributed by atoms with Gasteiger partial charge in [-0.3, -0.25) is 4.79 Å². The van der Waals surface area contributed by atoms with Crippen molar-refractivity contribution in [2.75, 3.05) is 0 Å². The van der Waals surface area contributed by atoms with Crippen LogP contribution in [0, 0.1) is 0 Å². The molecule has 0 heterocycles. The number of phenolic OH excluding ortho intramolecular Hbond substituents is 1. The number of benzene rings is 1. The Hall–Kier alpha value is -1.31. The van der Waals surface area contributed by atoms with E-state index in [1.165, 1.54) is 0 Å². The molecule has 0 atom stereocenters. The van der Waals surface area contributed by atoms with Crippen molar-refractivity contribution in [3.63, 3.8) is 0 Å². The fourth-order valence-electron chi connectivity index (χ4n) is 1.33. The van der Waals surface area contributed by atoms with Crippen LogP contribution >= 0.6 is 0 Å². The Morgan fingerprint density at radius 3 is 2.85 bits per heavy atom. The lowest BCUT2D eigenvalue weighted by molar-refractivity contribution is 0.112. The van der Waals surface area contributed by atoms with Gasteiger partial charge in [-0.25, -0.2) is 0 Å². The van der Waals surface area contributed by atoms with Gasteiger partial charge >= 0.3 is 0 Å². The lowest BCUT2D eigenvalue weighted by Gasteiger charge is -2.05. The molecule has 0 saturated heterocycles. The van der Waals surface area contributed by atoms with Gasteiger partial charge in [0.05, 0.1) is 0 Å². The second-order valence-electron chi connectivity index (χ2n) is 3.07. The van der Waals surface area contributed by atoms with Crippen LogP contribution in [-0.2, 0) is 6.42 Å². The van der Waals surface area contributed by atoms with Crippen LogP contribution in [0.2, 0.25) is 0 Å². The van der Waals surface area contributed by atoms with Gasteiger partial charge in [0.1, 0.15) is 12.0 Å². The van der Waals surface area contributed by atoms with Crippen LogP contribution in [0.25, 0.3) is 0 Å². The van der Waals surface area contributed by atoms with E-state index in [-0.39, 0.29) is 5.75 Å². The minimum absolute atomic E-state index is 0.234. The first-order valence-corrected chi connectivity index (χ1v) is 4.55. The summed E-state index contributed by atoms with van der Waals surface area (Å²) >= 11 is 0. The number of rotatable bonds is 4. The first-order valence-electron chi connectivity index (χ1n) is 4.55. The highest BCUT2D eigenvalue weighted by Gasteiger charge is 2.05. The van der Waals surface area contributed by atoms with Gasteiger partial charge in [0.25, 0.3) is 0 Å². The van der Waals surface area contributed by atoms with Crippen LogP contribution in [-0.4, -0.2) is 11.4 Å². The average molecular weight is 178 g/mol. The van der Waals surface area contributed by atoms with Gasteiger partial charge < -0.3 is 5.11 Å². The second-order valence-corrected chi connectivity index (χ2v) is 3.07. The number of phenols is 1. The fraction of sp³-hybridized carbons (Fsp3) is 0.364. The first kappa shape index (κ1) is 9.78. The molecule has 13 heavy (non-hydrogen) atoms. The summed E-state index contributed by atoms with van der Waals surface area (Å²) < 4.78 is 0. The standard InChI is InChI=1S/C11H14O2/c1-2-3-6-10-9(8-12)5-4-7-11(10)13/h4-5,7-8,13H,2-3,6H2,1H3. The molecule has 0 radical (unpaired) electrons. The smallest absolute Gasteiger partial charge is 0.150 e. The largest absolute Gasteiger partial charge is 0.508 e. The number of carbonyl (C=O) groups is 1. The van der Waals surface area contributed by atoms with E-state index in [2.05, 4.69) is 6.92 Å². The summed E-state index contributed by atoms with van der Waals surface area (Å²) in [5.41, 5.74) is 1.38. The van der Waals surface area contributed by atoms with Gasteiger partial charge in [0.2, 0.25) is 0 Å². The molecule has 1 aromatic rings. The molecule has 1 N–H and O–H groups in total. The van der Waals surface area contributed by atoms with Gasteiger partial charge in [-0.05, 0) is 18.9 Å². The van der Waals surface area contributed by atoms with Crippen molar-refractivity contribution in [2.24, 2.45) is 0 Å². The molecule has 0 unspecified atom stereocenters. The monoisotopic (exact) mass is 178 g/mol. The molecule has 1 rings (SSSR count). The summed E-state index contributed by atoms with van der Waals surface area (Å²) in [4.78, 5) is 10.6. The Morgan fingerprint density at radius 1 is 1.46 bits per heavy atom. The molecule has 2 heteroatoms. The highest BCUT2D eigenvalue weighted by molar-refractivity contribution is 5.78. The Labute approximate surface area is 78.2 Å². The van der Waals surface area contributed by atoms with Gasteiger partial charge in [-0.1, -0.05) is 25.5 Å². The molecule has 0 saturated carbocycles. The van der Waals surface area contributed by atoms with E-state index in [1.54, 1.807) is 18.2 Å². The predicted molar refractivity (Wildman–Crippen MR) is 52.1 cm³/mol. The first-order chi connectivity index (χ1) is 6.29. The zero-order valence-electron chi connectivity index (χ0n) is 7.79.